The molecule has 0 aliphatic heterocycles. The molecule has 7 heteroatoms. The minimum atomic E-state index is -3.96. The number of nitrogens with one attached hydrogen (secondary N) is 2. The van der Waals surface area contributed by atoms with Gasteiger partial charge in [-0.2, -0.15) is 0 Å². The van der Waals surface area contributed by atoms with Crippen molar-refractivity contribution in [2.24, 2.45) is 0 Å². The normalized spacial score (nSPS) is 12.0. The van der Waals surface area contributed by atoms with Crippen LogP contribution < -0.4 is 10.6 Å². The molecule has 0 amide bonds. The molecule has 1 heterocycles. The van der Waals surface area contributed by atoms with Gasteiger partial charge in [0.1, 0.15) is 5.82 Å². The molecule has 35 heavy (non-hydrogen) atoms. The van der Waals surface area contributed by atoms with Crippen molar-refractivity contribution in [3.05, 3.63) is 95.5 Å². The second-order valence-corrected chi connectivity index (χ2v) is 10.6. The lowest BCUT2D eigenvalue weighted by Crippen LogP contribution is -2.14. The largest absolute Gasteiger partial charge is 0.382 e. The van der Waals surface area contributed by atoms with E-state index in [4.69, 9.17) is 0 Å². The number of allylic oxidation sites excluding steroid dienone is 3. The molecule has 0 fully saturated rings. The molecule has 0 saturated carbocycles. The van der Waals surface area contributed by atoms with Gasteiger partial charge in [0.05, 0.1) is 10.6 Å². The van der Waals surface area contributed by atoms with Crippen molar-refractivity contribution in [1.29, 1.82) is 0 Å². The maximum absolute atomic E-state index is 14.6. The zero-order chi connectivity index (χ0) is 25.4. The van der Waals surface area contributed by atoms with E-state index in [0.29, 0.717) is 24.5 Å². The first-order valence-electron chi connectivity index (χ1n) is 11.7. The smallest absolute Gasteiger partial charge is 0.268 e. The molecular formula is C28H34FN3O2S. The second-order valence-electron chi connectivity index (χ2n) is 8.82. The molecule has 1 aromatic heterocycles. The molecule has 186 valence electrons. The number of halogens is 1. The van der Waals surface area contributed by atoms with E-state index in [9.17, 15) is 12.8 Å². The molecule has 0 radical (unpaired) electrons. The number of nitrogens with zero attached hydrogens (tertiary/aromatic N) is 1. The van der Waals surface area contributed by atoms with Crippen molar-refractivity contribution in [2.75, 3.05) is 18.9 Å². The van der Waals surface area contributed by atoms with Gasteiger partial charge in [-0.05, 0) is 82.6 Å². The van der Waals surface area contributed by atoms with E-state index in [-0.39, 0.29) is 10.5 Å². The average molecular weight is 496 g/mol. The van der Waals surface area contributed by atoms with Gasteiger partial charge in [0.25, 0.3) is 10.0 Å². The van der Waals surface area contributed by atoms with Crippen molar-refractivity contribution in [2.45, 2.75) is 45.1 Å². The van der Waals surface area contributed by atoms with Crippen LogP contribution in [-0.4, -0.2) is 26.0 Å². The van der Waals surface area contributed by atoms with Crippen molar-refractivity contribution in [1.82, 2.24) is 9.29 Å². The fourth-order valence-corrected chi connectivity index (χ4v) is 5.21. The molecule has 3 aromatic rings. The molecular weight excluding hydrogens is 461 g/mol. The summed E-state index contributed by atoms with van der Waals surface area (Å²) < 4.78 is 43.0. The second kappa shape index (κ2) is 12.0. The summed E-state index contributed by atoms with van der Waals surface area (Å²) in [5.41, 5.74) is 4.57. The predicted octanol–water partition coefficient (Wildman–Crippen LogP) is 6.36. The highest BCUT2D eigenvalue weighted by molar-refractivity contribution is 7.90. The lowest BCUT2D eigenvalue weighted by atomic mass is 10.1. The molecule has 0 aliphatic carbocycles. The molecule has 3 rings (SSSR count). The molecule has 0 unspecified atom stereocenters. The van der Waals surface area contributed by atoms with Crippen LogP contribution in [0.5, 0.6) is 0 Å². The Hall–Kier alpha value is -3.16. The third kappa shape index (κ3) is 6.93. The highest BCUT2D eigenvalue weighted by Crippen LogP contribution is 2.29. The summed E-state index contributed by atoms with van der Waals surface area (Å²) in [6.45, 7) is 7.35. The maximum Gasteiger partial charge on any atom is 0.268 e. The molecule has 0 saturated heterocycles. The fraction of sp³-hybridized carbons (Fsp3) is 0.286. The number of hydrogen-bond acceptors (Lipinski definition) is 4. The number of aromatic nitrogens is 1. The van der Waals surface area contributed by atoms with E-state index in [2.05, 4.69) is 43.6 Å². The van der Waals surface area contributed by atoms with Crippen LogP contribution in [0.2, 0.25) is 0 Å². The van der Waals surface area contributed by atoms with Crippen molar-refractivity contribution >= 4 is 15.7 Å². The van der Waals surface area contributed by atoms with Gasteiger partial charge in [-0.1, -0.05) is 41.5 Å². The number of hydrogen-bond donors (Lipinski definition) is 2. The van der Waals surface area contributed by atoms with Crippen LogP contribution >= 0.6 is 0 Å². The van der Waals surface area contributed by atoms with E-state index in [0.717, 1.165) is 18.4 Å². The Bertz CT molecular complexity index is 1320. The Morgan fingerprint density at radius 1 is 1.03 bits per heavy atom. The van der Waals surface area contributed by atoms with Gasteiger partial charge < -0.3 is 10.6 Å². The highest BCUT2D eigenvalue weighted by atomic mass is 32.2. The number of rotatable bonds is 11. The van der Waals surface area contributed by atoms with Gasteiger partial charge >= 0.3 is 0 Å². The Morgan fingerprint density at radius 3 is 2.51 bits per heavy atom. The standard InChI is InChI=1S/C28H34FN3O2S/c1-21(2)9-7-10-22(3)15-16-31-24-11-8-12-25(18-24)35(33,34)32-20-23(19-30-4)17-28(32)26-13-5-6-14-27(26)29/h5-6,8-9,11-15,17-18,20,30-31H,7,10,16,19H2,1-4H3/b22-15+. The third-order valence-corrected chi connectivity index (χ3v) is 7.28. The topological polar surface area (TPSA) is 63.1 Å². The van der Waals surface area contributed by atoms with Crippen LogP contribution in [0, 0.1) is 5.82 Å². The summed E-state index contributed by atoms with van der Waals surface area (Å²) in [5, 5.41) is 6.30. The van der Waals surface area contributed by atoms with Crippen LogP contribution in [0.4, 0.5) is 10.1 Å². The summed E-state index contributed by atoms with van der Waals surface area (Å²) in [5.74, 6) is -0.472. The van der Waals surface area contributed by atoms with Gasteiger partial charge in [0, 0.05) is 30.5 Å². The van der Waals surface area contributed by atoms with E-state index < -0.39 is 15.8 Å². The molecule has 5 nitrogen and oxygen atoms in total. The van der Waals surface area contributed by atoms with E-state index in [1.165, 1.54) is 21.2 Å². The van der Waals surface area contributed by atoms with Crippen LogP contribution in [0.15, 0.2) is 89.0 Å². The molecule has 2 aromatic carbocycles. The van der Waals surface area contributed by atoms with Crippen LogP contribution in [0.1, 0.15) is 39.2 Å². The molecule has 0 bridgehead atoms. The number of benzene rings is 2. The predicted molar refractivity (Wildman–Crippen MR) is 143 cm³/mol. The summed E-state index contributed by atoms with van der Waals surface area (Å²) >= 11 is 0. The van der Waals surface area contributed by atoms with Gasteiger partial charge in [-0.15, -0.1) is 0 Å². The SMILES string of the molecule is CNCc1cc(-c2ccccc2F)n(S(=O)(=O)c2cccc(NC/C=C(\C)CCC=C(C)C)c2)c1. The Balaban J connectivity index is 1.86. The Morgan fingerprint density at radius 2 is 1.80 bits per heavy atom. The highest BCUT2D eigenvalue weighted by Gasteiger charge is 2.23. The van der Waals surface area contributed by atoms with E-state index in [1.54, 1.807) is 55.7 Å². The quantitative estimate of drug-likeness (QED) is 0.304. The van der Waals surface area contributed by atoms with Crippen LogP contribution in [0.25, 0.3) is 11.3 Å². The summed E-state index contributed by atoms with van der Waals surface area (Å²) in [4.78, 5) is 0.135. The van der Waals surface area contributed by atoms with Crippen molar-refractivity contribution < 1.29 is 12.8 Å². The zero-order valence-electron chi connectivity index (χ0n) is 20.8. The first kappa shape index (κ1) is 26.4. The van der Waals surface area contributed by atoms with Crippen LogP contribution in [0.3, 0.4) is 0 Å². The lowest BCUT2D eigenvalue weighted by Gasteiger charge is -2.13. The average Bonchev–Trinajstić information content (AvgIpc) is 3.24. The van der Waals surface area contributed by atoms with E-state index in [1.807, 2.05) is 6.07 Å². The minimum Gasteiger partial charge on any atom is -0.382 e. The van der Waals surface area contributed by atoms with Crippen molar-refractivity contribution in [3.8, 4) is 11.3 Å². The Labute approximate surface area is 208 Å². The van der Waals surface area contributed by atoms with Gasteiger partial charge in [0.2, 0.25) is 0 Å². The van der Waals surface area contributed by atoms with E-state index >= 15 is 0 Å². The van der Waals surface area contributed by atoms with Gasteiger partial charge in [-0.3, -0.25) is 0 Å². The summed E-state index contributed by atoms with van der Waals surface area (Å²) in [7, 11) is -2.18. The van der Waals surface area contributed by atoms with Crippen molar-refractivity contribution in [3.63, 3.8) is 0 Å². The minimum absolute atomic E-state index is 0.135. The molecule has 0 atom stereocenters. The molecule has 0 spiro atoms. The molecule has 2 N–H and O–H groups in total. The fourth-order valence-electron chi connectivity index (χ4n) is 3.78. The van der Waals surface area contributed by atoms with Crippen LogP contribution in [-0.2, 0) is 16.6 Å². The molecule has 0 aliphatic rings. The lowest BCUT2D eigenvalue weighted by molar-refractivity contribution is 0.587. The van der Waals surface area contributed by atoms with Gasteiger partial charge in [-0.25, -0.2) is 16.8 Å². The first-order valence-corrected chi connectivity index (χ1v) is 13.2. The summed E-state index contributed by atoms with van der Waals surface area (Å²) in [6, 6.07) is 14.6. The third-order valence-electron chi connectivity index (χ3n) is 5.61. The van der Waals surface area contributed by atoms with Gasteiger partial charge in [0.15, 0.2) is 0 Å². The zero-order valence-corrected chi connectivity index (χ0v) is 21.6. The maximum atomic E-state index is 14.6. The first-order chi connectivity index (χ1) is 16.7. The Kier molecular flexibility index (Phi) is 9.07. The number of anilines is 1. The monoisotopic (exact) mass is 495 g/mol. The summed E-state index contributed by atoms with van der Waals surface area (Å²) in [6.07, 6.45) is 7.88.